The van der Waals surface area contributed by atoms with Crippen LogP contribution >= 0.6 is 0 Å². The molecule has 1 heterocycles. The highest BCUT2D eigenvalue weighted by Gasteiger charge is 2.26. The Morgan fingerprint density at radius 1 is 1.00 bits per heavy atom. The highest BCUT2D eigenvalue weighted by Crippen LogP contribution is 2.28. The number of benzene rings is 2. The van der Waals surface area contributed by atoms with Crippen LogP contribution in [0, 0.1) is 5.92 Å². The average Bonchev–Trinajstić information content (AvgIpc) is 2.86. The smallest absolute Gasteiger partial charge is 0.275 e. The zero-order valence-electron chi connectivity index (χ0n) is 21.0. The van der Waals surface area contributed by atoms with E-state index >= 15 is 0 Å². The van der Waals surface area contributed by atoms with Gasteiger partial charge in [0.15, 0.2) is 11.5 Å². The van der Waals surface area contributed by atoms with Crippen molar-refractivity contribution in [2.75, 3.05) is 14.2 Å². The molecular formula is C27H32N4O5. The van der Waals surface area contributed by atoms with E-state index in [2.05, 4.69) is 20.5 Å². The second-order valence-electron chi connectivity index (χ2n) is 8.62. The first-order valence-corrected chi connectivity index (χ1v) is 11.8. The lowest BCUT2D eigenvalue weighted by molar-refractivity contribution is -0.133. The van der Waals surface area contributed by atoms with Gasteiger partial charge >= 0.3 is 0 Å². The molecule has 3 rings (SSSR count). The SMILES string of the molecule is COc1ccc(Cc2nnc([C@H](C)NC(=O)[C@H](CCCc3ccccc3)C(C)=O)c(=O)[nH]2)cc1OC. The fourth-order valence-electron chi connectivity index (χ4n) is 3.98. The largest absolute Gasteiger partial charge is 0.493 e. The number of ketones is 1. The Hall–Kier alpha value is -4.01. The molecule has 0 fully saturated rings. The Morgan fingerprint density at radius 2 is 1.72 bits per heavy atom. The summed E-state index contributed by atoms with van der Waals surface area (Å²) in [6.45, 7) is 3.05. The van der Waals surface area contributed by atoms with E-state index in [0.717, 1.165) is 17.5 Å². The number of amides is 1. The molecule has 3 aromatic rings. The Balaban J connectivity index is 1.62. The van der Waals surface area contributed by atoms with Crippen LogP contribution in [0.3, 0.4) is 0 Å². The van der Waals surface area contributed by atoms with Crippen LogP contribution in [-0.2, 0) is 22.4 Å². The van der Waals surface area contributed by atoms with Crippen LogP contribution in [0.4, 0.5) is 0 Å². The minimum absolute atomic E-state index is 0.0750. The number of aryl methyl sites for hydroxylation is 1. The Labute approximate surface area is 210 Å². The molecule has 0 saturated heterocycles. The predicted octanol–water partition coefficient (Wildman–Crippen LogP) is 3.18. The Kier molecular flexibility index (Phi) is 9.32. The molecule has 9 nitrogen and oxygen atoms in total. The van der Waals surface area contributed by atoms with Gasteiger partial charge in [0, 0.05) is 6.42 Å². The maximum absolute atomic E-state index is 12.8. The number of nitrogens with zero attached hydrogens (tertiary/aromatic N) is 2. The number of H-pyrrole nitrogens is 1. The van der Waals surface area contributed by atoms with Crippen molar-refractivity contribution in [3.05, 3.63) is 81.5 Å². The second kappa shape index (κ2) is 12.6. The number of hydrogen-bond acceptors (Lipinski definition) is 7. The number of aromatic amines is 1. The van der Waals surface area contributed by atoms with E-state index in [1.807, 2.05) is 36.4 Å². The van der Waals surface area contributed by atoms with Gasteiger partial charge in [-0.2, -0.15) is 0 Å². The van der Waals surface area contributed by atoms with E-state index in [9.17, 15) is 14.4 Å². The number of ether oxygens (including phenoxy) is 2. The molecule has 9 heteroatoms. The lowest BCUT2D eigenvalue weighted by Gasteiger charge is -2.18. The predicted molar refractivity (Wildman–Crippen MR) is 135 cm³/mol. The summed E-state index contributed by atoms with van der Waals surface area (Å²) in [5.74, 6) is 0.132. The van der Waals surface area contributed by atoms with Gasteiger partial charge in [0.1, 0.15) is 17.3 Å². The lowest BCUT2D eigenvalue weighted by Crippen LogP contribution is -2.38. The minimum Gasteiger partial charge on any atom is -0.493 e. The van der Waals surface area contributed by atoms with Gasteiger partial charge in [0.05, 0.1) is 26.2 Å². The van der Waals surface area contributed by atoms with Gasteiger partial charge in [0.2, 0.25) is 5.91 Å². The van der Waals surface area contributed by atoms with Crippen molar-refractivity contribution in [1.82, 2.24) is 20.5 Å². The molecule has 1 amide bonds. The summed E-state index contributed by atoms with van der Waals surface area (Å²) in [6.07, 6.45) is 2.23. The molecule has 1 aromatic heterocycles. The van der Waals surface area contributed by atoms with Gasteiger partial charge in [-0.15, -0.1) is 10.2 Å². The summed E-state index contributed by atoms with van der Waals surface area (Å²) < 4.78 is 10.6. The number of Topliss-reactive ketones (excluding diaryl/α,β-unsaturated/α-hetero) is 1. The number of nitrogens with one attached hydrogen (secondary N) is 2. The summed E-state index contributed by atoms with van der Waals surface area (Å²) >= 11 is 0. The molecular weight excluding hydrogens is 460 g/mol. The number of aromatic nitrogens is 3. The standard InChI is InChI=1S/C27H32N4O5/c1-17(28-26(33)21(18(2)32)12-8-11-19-9-6-5-7-10-19)25-27(34)29-24(30-31-25)16-20-13-14-22(35-3)23(15-20)36-4/h5-7,9-10,13-15,17,21H,8,11-12,16H2,1-4H3,(H,28,33)(H,29,30,34)/t17-,21+/m0/s1. The zero-order chi connectivity index (χ0) is 26.1. The van der Waals surface area contributed by atoms with Crippen LogP contribution in [0.2, 0.25) is 0 Å². The van der Waals surface area contributed by atoms with Gasteiger partial charge in [0.25, 0.3) is 5.56 Å². The van der Waals surface area contributed by atoms with E-state index < -0.39 is 23.4 Å². The van der Waals surface area contributed by atoms with Crippen molar-refractivity contribution in [2.24, 2.45) is 5.92 Å². The van der Waals surface area contributed by atoms with Crippen LogP contribution in [-0.4, -0.2) is 41.1 Å². The fourth-order valence-corrected chi connectivity index (χ4v) is 3.98. The molecule has 0 aliphatic heterocycles. The molecule has 0 unspecified atom stereocenters. The van der Waals surface area contributed by atoms with Gasteiger partial charge in [-0.1, -0.05) is 36.4 Å². The number of rotatable bonds is 12. The first-order valence-electron chi connectivity index (χ1n) is 11.8. The second-order valence-corrected chi connectivity index (χ2v) is 8.62. The molecule has 0 saturated carbocycles. The van der Waals surface area contributed by atoms with E-state index in [0.29, 0.717) is 36.6 Å². The van der Waals surface area contributed by atoms with Gasteiger partial charge in [-0.3, -0.25) is 14.4 Å². The summed E-state index contributed by atoms with van der Waals surface area (Å²) in [5, 5.41) is 10.9. The lowest BCUT2D eigenvalue weighted by atomic mass is 9.95. The molecule has 0 bridgehead atoms. The third-order valence-electron chi connectivity index (χ3n) is 5.97. The van der Waals surface area contributed by atoms with Gasteiger partial charge in [-0.05, 0) is 56.4 Å². The van der Waals surface area contributed by atoms with Crippen LogP contribution in [0.1, 0.15) is 55.4 Å². The first kappa shape index (κ1) is 26.6. The topological polar surface area (TPSA) is 123 Å². The van der Waals surface area contributed by atoms with Crippen LogP contribution in [0.15, 0.2) is 53.3 Å². The number of hydrogen-bond donors (Lipinski definition) is 2. The average molecular weight is 493 g/mol. The van der Waals surface area contributed by atoms with Crippen molar-refractivity contribution in [3.63, 3.8) is 0 Å². The van der Waals surface area contributed by atoms with Crippen molar-refractivity contribution >= 4 is 11.7 Å². The molecule has 0 radical (unpaired) electrons. The first-order chi connectivity index (χ1) is 17.3. The van der Waals surface area contributed by atoms with Crippen molar-refractivity contribution in [3.8, 4) is 11.5 Å². The summed E-state index contributed by atoms with van der Waals surface area (Å²) in [5.41, 5.74) is 1.64. The molecule has 190 valence electrons. The Bertz CT molecular complexity index is 1240. The molecule has 2 aromatic carbocycles. The quantitative estimate of drug-likeness (QED) is 0.372. The molecule has 2 atom stereocenters. The van der Waals surface area contributed by atoms with Crippen LogP contribution in [0.5, 0.6) is 11.5 Å². The molecule has 2 N–H and O–H groups in total. The van der Waals surface area contributed by atoms with Crippen molar-refractivity contribution in [2.45, 2.75) is 45.6 Å². The highest BCUT2D eigenvalue weighted by atomic mass is 16.5. The minimum atomic E-state index is -0.785. The molecule has 0 spiro atoms. The summed E-state index contributed by atoms with van der Waals surface area (Å²) in [7, 11) is 3.11. The van der Waals surface area contributed by atoms with Gasteiger partial charge < -0.3 is 19.8 Å². The Morgan fingerprint density at radius 3 is 2.36 bits per heavy atom. The molecule has 36 heavy (non-hydrogen) atoms. The van der Waals surface area contributed by atoms with E-state index in [1.54, 1.807) is 33.3 Å². The summed E-state index contributed by atoms with van der Waals surface area (Å²) in [4.78, 5) is 40.4. The maximum Gasteiger partial charge on any atom is 0.275 e. The monoisotopic (exact) mass is 492 g/mol. The molecule has 0 aliphatic carbocycles. The highest BCUT2D eigenvalue weighted by molar-refractivity contribution is 6.00. The fraction of sp³-hybridized carbons (Fsp3) is 0.370. The van der Waals surface area contributed by atoms with Crippen LogP contribution < -0.4 is 20.3 Å². The van der Waals surface area contributed by atoms with Crippen molar-refractivity contribution in [1.29, 1.82) is 0 Å². The maximum atomic E-state index is 12.8. The van der Waals surface area contributed by atoms with Gasteiger partial charge in [-0.25, -0.2) is 0 Å². The van der Waals surface area contributed by atoms with Crippen molar-refractivity contribution < 1.29 is 19.1 Å². The third kappa shape index (κ3) is 7.00. The number of methoxy groups -OCH3 is 2. The van der Waals surface area contributed by atoms with E-state index in [4.69, 9.17) is 9.47 Å². The third-order valence-corrected chi connectivity index (χ3v) is 5.97. The van der Waals surface area contributed by atoms with Crippen LogP contribution in [0.25, 0.3) is 0 Å². The normalized spacial score (nSPS) is 12.4. The number of carbonyl (C=O) groups excluding carboxylic acids is 2. The number of carbonyl (C=O) groups is 2. The summed E-state index contributed by atoms with van der Waals surface area (Å²) in [6, 6.07) is 14.6. The zero-order valence-corrected chi connectivity index (χ0v) is 21.0. The molecule has 0 aliphatic rings. The van der Waals surface area contributed by atoms with E-state index in [-0.39, 0.29) is 11.5 Å². The van der Waals surface area contributed by atoms with E-state index in [1.165, 1.54) is 6.92 Å².